The lowest BCUT2D eigenvalue weighted by molar-refractivity contribution is -0.384. The van der Waals surface area contributed by atoms with E-state index >= 15 is 0 Å². The molecule has 0 radical (unpaired) electrons. The summed E-state index contributed by atoms with van der Waals surface area (Å²) >= 11 is 1.05. The SMILES string of the molecule is Cc1ccc(NC(=O)/C(=N\NC(=O)C(N)=O)C(C#N)c2nc(-c3ccc([N+](=O)[O-])cc3)cs2)cc1C. The fourth-order valence-corrected chi connectivity index (χ4v) is 3.84. The standard InChI is InChI=1S/C23H19N7O5S/c1-12-3-6-15(9-13(12)2)26-21(32)19(28-29-22(33)20(25)31)17(10-24)23-27-18(11-36-23)14-4-7-16(8-5-14)30(34)35/h3-9,11,17H,1-2H3,(H2,25,31)(H,26,32)(H,29,33)/b28-19-. The molecule has 1 heterocycles. The fraction of sp³-hybridized carbons (Fsp3) is 0.130. The van der Waals surface area contributed by atoms with Gasteiger partial charge in [0.1, 0.15) is 16.6 Å². The Labute approximate surface area is 208 Å². The van der Waals surface area contributed by atoms with Crippen molar-refractivity contribution >= 4 is 46.1 Å². The first-order valence-electron chi connectivity index (χ1n) is 10.3. The summed E-state index contributed by atoms with van der Waals surface area (Å²) in [5.74, 6) is -4.71. The van der Waals surface area contributed by atoms with E-state index in [0.717, 1.165) is 22.5 Å². The second-order valence-corrected chi connectivity index (χ2v) is 8.38. The molecule has 0 saturated carbocycles. The van der Waals surface area contributed by atoms with Crippen molar-refractivity contribution in [1.82, 2.24) is 10.4 Å². The summed E-state index contributed by atoms with van der Waals surface area (Å²) in [5.41, 5.74) is 9.63. The monoisotopic (exact) mass is 505 g/mol. The van der Waals surface area contributed by atoms with Crippen LogP contribution in [0, 0.1) is 35.3 Å². The summed E-state index contributed by atoms with van der Waals surface area (Å²) in [6.45, 7) is 3.77. The number of nitrogens with zero attached hydrogens (tertiary/aromatic N) is 4. The molecule has 0 saturated heterocycles. The first-order valence-corrected chi connectivity index (χ1v) is 11.1. The highest BCUT2D eigenvalue weighted by atomic mass is 32.1. The summed E-state index contributed by atoms with van der Waals surface area (Å²) in [5, 5.41) is 28.9. The average molecular weight is 506 g/mol. The maximum absolute atomic E-state index is 13.1. The first-order chi connectivity index (χ1) is 17.1. The van der Waals surface area contributed by atoms with E-state index in [1.807, 2.05) is 25.3 Å². The first kappa shape index (κ1) is 25.7. The van der Waals surface area contributed by atoms with E-state index in [1.54, 1.807) is 23.6 Å². The van der Waals surface area contributed by atoms with Crippen LogP contribution in [0.1, 0.15) is 22.1 Å². The quantitative estimate of drug-likeness (QED) is 0.190. The molecular formula is C23H19N7O5S. The van der Waals surface area contributed by atoms with Gasteiger partial charge in [-0.15, -0.1) is 11.3 Å². The highest BCUT2D eigenvalue weighted by Gasteiger charge is 2.29. The molecule has 2 aromatic carbocycles. The molecule has 0 spiro atoms. The van der Waals surface area contributed by atoms with Gasteiger partial charge in [-0.1, -0.05) is 6.07 Å². The largest absolute Gasteiger partial charge is 0.361 e. The van der Waals surface area contributed by atoms with Crippen LogP contribution in [0.2, 0.25) is 0 Å². The number of aromatic nitrogens is 1. The molecule has 182 valence electrons. The number of hydrogen-bond donors (Lipinski definition) is 3. The van der Waals surface area contributed by atoms with E-state index in [1.165, 1.54) is 24.3 Å². The van der Waals surface area contributed by atoms with Crippen molar-refractivity contribution in [3.63, 3.8) is 0 Å². The number of nitriles is 1. The van der Waals surface area contributed by atoms with Crippen LogP contribution < -0.4 is 16.5 Å². The zero-order valence-electron chi connectivity index (χ0n) is 19.0. The molecule has 3 aromatic rings. The van der Waals surface area contributed by atoms with Crippen LogP contribution in [0.3, 0.4) is 0 Å². The Morgan fingerprint density at radius 3 is 2.42 bits per heavy atom. The van der Waals surface area contributed by atoms with Crippen molar-refractivity contribution in [2.45, 2.75) is 19.8 Å². The Hall–Kier alpha value is -4.96. The number of primary amides is 1. The lowest BCUT2D eigenvalue weighted by Gasteiger charge is -2.12. The predicted molar refractivity (Wildman–Crippen MR) is 132 cm³/mol. The Morgan fingerprint density at radius 2 is 1.83 bits per heavy atom. The third-order valence-electron chi connectivity index (χ3n) is 5.04. The number of carbonyl (C=O) groups is 3. The molecule has 0 aliphatic carbocycles. The smallest absolute Gasteiger partial charge is 0.329 e. The van der Waals surface area contributed by atoms with E-state index in [4.69, 9.17) is 5.73 Å². The van der Waals surface area contributed by atoms with Gasteiger partial charge in [-0.25, -0.2) is 10.4 Å². The molecule has 3 amide bonds. The van der Waals surface area contributed by atoms with Crippen LogP contribution in [0.15, 0.2) is 52.9 Å². The zero-order valence-corrected chi connectivity index (χ0v) is 19.8. The molecule has 1 unspecified atom stereocenters. The molecule has 4 N–H and O–H groups in total. The second-order valence-electron chi connectivity index (χ2n) is 7.49. The minimum absolute atomic E-state index is 0.0910. The second kappa shape index (κ2) is 11.0. The maximum Gasteiger partial charge on any atom is 0.329 e. The van der Waals surface area contributed by atoms with Gasteiger partial charge in [0.15, 0.2) is 0 Å². The number of amides is 3. The number of thiazole rings is 1. The van der Waals surface area contributed by atoms with Gasteiger partial charge in [-0.2, -0.15) is 10.4 Å². The average Bonchev–Trinajstić information content (AvgIpc) is 3.33. The Kier molecular flexibility index (Phi) is 7.82. The van der Waals surface area contributed by atoms with Gasteiger partial charge in [-0.05, 0) is 49.2 Å². The third kappa shape index (κ3) is 5.93. The van der Waals surface area contributed by atoms with Gasteiger partial charge in [0.05, 0.1) is 16.7 Å². The zero-order chi connectivity index (χ0) is 26.4. The molecule has 0 aliphatic heterocycles. The van der Waals surface area contributed by atoms with Crippen molar-refractivity contribution in [3.05, 3.63) is 74.1 Å². The van der Waals surface area contributed by atoms with E-state index < -0.39 is 34.3 Å². The number of aryl methyl sites for hydroxylation is 2. The van der Waals surface area contributed by atoms with Gasteiger partial charge in [-0.3, -0.25) is 24.5 Å². The van der Waals surface area contributed by atoms with Gasteiger partial charge in [0.25, 0.3) is 11.6 Å². The van der Waals surface area contributed by atoms with E-state index in [-0.39, 0.29) is 10.7 Å². The van der Waals surface area contributed by atoms with E-state index in [9.17, 15) is 29.8 Å². The number of rotatable bonds is 7. The van der Waals surface area contributed by atoms with Crippen molar-refractivity contribution in [2.75, 3.05) is 5.32 Å². The molecular weight excluding hydrogens is 486 g/mol. The highest BCUT2D eigenvalue weighted by molar-refractivity contribution is 7.10. The van der Waals surface area contributed by atoms with E-state index in [2.05, 4.69) is 15.4 Å². The summed E-state index contributed by atoms with van der Waals surface area (Å²) < 4.78 is 0. The van der Waals surface area contributed by atoms with Gasteiger partial charge < -0.3 is 11.1 Å². The van der Waals surface area contributed by atoms with Crippen molar-refractivity contribution in [2.24, 2.45) is 10.8 Å². The number of nitro benzene ring substituents is 1. The molecule has 1 aromatic heterocycles. The summed E-state index contributed by atoms with van der Waals surface area (Å²) in [7, 11) is 0. The summed E-state index contributed by atoms with van der Waals surface area (Å²) in [6, 6.07) is 12.8. The third-order valence-corrected chi connectivity index (χ3v) is 5.95. The number of hydrazone groups is 1. The number of anilines is 1. The van der Waals surface area contributed by atoms with Crippen LogP contribution in [-0.2, 0) is 14.4 Å². The predicted octanol–water partition coefficient (Wildman–Crippen LogP) is 2.54. The van der Waals surface area contributed by atoms with Crippen molar-refractivity contribution in [1.29, 1.82) is 5.26 Å². The van der Waals surface area contributed by atoms with Crippen molar-refractivity contribution in [3.8, 4) is 17.3 Å². The van der Waals surface area contributed by atoms with Crippen LogP contribution in [0.4, 0.5) is 11.4 Å². The topological polar surface area (TPSA) is 193 Å². The summed E-state index contributed by atoms with van der Waals surface area (Å²) in [6.07, 6.45) is 0. The fourth-order valence-electron chi connectivity index (χ4n) is 2.97. The minimum atomic E-state index is -1.32. The van der Waals surface area contributed by atoms with Crippen LogP contribution in [0.25, 0.3) is 11.3 Å². The Morgan fingerprint density at radius 1 is 1.14 bits per heavy atom. The van der Waals surface area contributed by atoms with Crippen LogP contribution >= 0.6 is 11.3 Å². The number of nitro groups is 1. The van der Waals surface area contributed by atoms with Gasteiger partial charge >= 0.3 is 11.8 Å². The molecule has 0 bridgehead atoms. The highest BCUT2D eigenvalue weighted by Crippen LogP contribution is 2.29. The lowest BCUT2D eigenvalue weighted by atomic mass is 10.0. The van der Waals surface area contributed by atoms with Crippen LogP contribution in [-0.4, -0.2) is 33.3 Å². The number of carbonyl (C=O) groups excluding carboxylic acids is 3. The van der Waals surface area contributed by atoms with Crippen molar-refractivity contribution < 1.29 is 19.3 Å². The number of benzene rings is 2. The Balaban J connectivity index is 1.95. The van der Waals surface area contributed by atoms with Gasteiger partial charge in [0, 0.05) is 28.8 Å². The molecule has 1 atom stereocenters. The molecule has 0 aliphatic rings. The van der Waals surface area contributed by atoms with Crippen LogP contribution in [0.5, 0.6) is 0 Å². The number of hydrogen-bond acceptors (Lipinski definition) is 9. The molecule has 3 rings (SSSR count). The maximum atomic E-state index is 13.1. The number of non-ortho nitro benzene ring substituents is 1. The van der Waals surface area contributed by atoms with E-state index in [0.29, 0.717) is 16.9 Å². The summed E-state index contributed by atoms with van der Waals surface area (Å²) in [4.78, 5) is 50.6. The Bertz CT molecular complexity index is 1420. The number of nitrogens with two attached hydrogens (primary N) is 1. The molecule has 36 heavy (non-hydrogen) atoms. The normalized spacial score (nSPS) is 11.8. The molecule has 0 fully saturated rings. The molecule has 12 nitrogen and oxygen atoms in total. The number of nitrogens with one attached hydrogen (secondary N) is 2. The minimum Gasteiger partial charge on any atom is -0.361 e. The molecule has 13 heteroatoms. The lowest BCUT2D eigenvalue weighted by Crippen LogP contribution is -2.36. The van der Waals surface area contributed by atoms with Gasteiger partial charge in [0.2, 0.25) is 0 Å².